The van der Waals surface area contributed by atoms with E-state index >= 15 is 0 Å². The van der Waals surface area contributed by atoms with Crippen molar-refractivity contribution in [1.82, 2.24) is 5.32 Å². The van der Waals surface area contributed by atoms with Crippen LogP contribution in [0.4, 0.5) is 10.1 Å². The van der Waals surface area contributed by atoms with Crippen molar-refractivity contribution in [3.8, 4) is 0 Å². The minimum absolute atomic E-state index is 0.173. The summed E-state index contributed by atoms with van der Waals surface area (Å²) in [5, 5.41) is 3.43. The molecule has 0 saturated carbocycles. The lowest BCUT2D eigenvalue weighted by Crippen LogP contribution is -2.38. The van der Waals surface area contributed by atoms with Gasteiger partial charge in [-0.25, -0.2) is 4.39 Å². The summed E-state index contributed by atoms with van der Waals surface area (Å²) >= 11 is 11.9. The van der Waals surface area contributed by atoms with Crippen LogP contribution >= 0.6 is 23.2 Å². The van der Waals surface area contributed by atoms with Gasteiger partial charge in [-0.2, -0.15) is 0 Å². The van der Waals surface area contributed by atoms with Gasteiger partial charge in [-0.1, -0.05) is 40.9 Å². The van der Waals surface area contributed by atoms with Crippen LogP contribution in [0.1, 0.15) is 26.3 Å². The summed E-state index contributed by atoms with van der Waals surface area (Å²) < 4.78 is 13.3. The first kappa shape index (κ1) is 21.8. The van der Waals surface area contributed by atoms with Crippen molar-refractivity contribution < 1.29 is 14.0 Å². The molecule has 0 fully saturated rings. The smallest absolute Gasteiger partial charge is 0.258 e. The molecule has 7 heteroatoms. The third kappa shape index (κ3) is 5.38. The molecule has 0 saturated heterocycles. The van der Waals surface area contributed by atoms with Crippen molar-refractivity contribution in [2.24, 2.45) is 0 Å². The number of nitrogens with one attached hydrogen (secondary N) is 1. The molecule has 1 N–H and O–H groups in total. The highest BCUT2D eigenvalue weighted by Gasteiger charge is 2.18. The Kier molecular flexibility index (Phi) is 7.08. The third-order valence-corrected chi connectivity index (χ3v) is 5.03. The fourth-order valence-electron chi connectivity index (χ4n) is 2.87. The van der Waals surface area contributed by atoms with Gasteiger partial charge < -0.3 is 10.2 Å². The van der Waals surface area contributed by atoms with Crippen molar-refractivity contribution in [1.29, 1.82) is 0 Å². The molecule has 0 radical (unpaired) electrons. The maximum Gasteiger partial charge on any atom is 0.258 e. The SMILES string of the molecule is Cc1ccc(C(=O)N(CCNC(=O)c2ccc(Cl)cc2Cl)c2ccc(F)cc2)cc1. The number of nitrogens with zero attached hydrogens (tertiary/aromatic N) is 1. The zero-order chi connectivity index (χ0) is 21.7. The quantitative estimate of drug-likeness (QED) is 0.544. The Balaban J connectivity index is 1.75. The molecule has 0 heterocycles. The lowest BCUT2D eigenvalue weighted by Gasteiger charge is -2.23. The summed E-state index contributed by atoms with van der Waals surface area (Å²) in [7, 11) is 0. The van der Waals surface area contributed by atoms with Gasteiger partial charge in [-0.15, -0.1) is 0 Å². The van der Waals surface area contributed by atoms with Crippen LogP contribution in [-0.2, 0) is 0 Å². The summed E-state index contributed by atoms with van der Waals surface area (Å²) in [4.78, 5) is 27.0. The van der Waals surface area contributed by atoms with Crippen LogP contribution in [-0.4, -0.2) is 24.9 Å². The molecule has 0 aliphatic rings. The number of anilines is 1. The Hall–Kier alpha value is -2.89. The van der Waals surface area contributed by atoms with Crippen molar-refractivity contribution in [3.05, 3.63) is 99.3 Å². The molecule has 4 nitrogen and oxygen atoms in total. The summed E-state index contributed by atoms with van der Waals surface area (Å²) in [6.45, 7) is 2.30. The Labute approximate surface area is 184 Å². The number of amides is 2. The van der Waals surface area contributed by atoms with Crippen molar-refractivity contribution in [2.45, 2.75) is 6.92 Å². The Morgan fingerprint density at radius 2 is 1.63 bits per heavy atom. The van der Waals surface area contributed by atoms with Gasteiger partial charge in [-0.3, -0.25) is 9.59 Å². The largest absolute Gasteiger partial charge is 0.350 e. The van der Waals surface area contributed by atoms with Gasteiger partial charge >= 0.3 is 0 Å². The number of halogens is 3. The second-order valence-corrected chi connectivity index (χ2v) is 7.52. The topological polar surface area (TPSA) is 49.4 Å². The van der Waals surface area contributed by atoms with Gasteiger partial charge in [0, 0.05) is 29.4 Å². The number of carbonyl (C=O) groups excluding carboxylic acids is 2. The number of carbonyl (C=O) groups is 2. The zero-order valence-electron chi connectivity index (χ0n) is 16.2. The molecule has 154 valence electrons. The summed E-state index contributed by atoms with van der Waals surface area (Å²) in [5.41, 5.74) is 2.35. The molecule has 3 aromatic carbocycles. The van der Waals surface area contributed by atoms with Crippen LogP contribution in [0.5, 0.6) is 0 Å². The van der Waals surface area contributed by atoms with Crippen LogP contribution in [0.25, 0.3) is 0 Å². The van der Waals surface area contributed by atoms with Gasteiger partial charge in [-0.05, 0) is 61.5 Å². The van der Waals surface area contributed by atoms with E-state index in [9.17, 15) is 14.0 Å². The van der Waals surface area contributed by atoms with Crippen molar-refractivity contribution in [2.75, 3.05) is 18.0 Å². The maximum absolute atomic E-state index is 13.3. The van der Waals surface area contributed by atoms with E-state index in [0.29, 0.717) is 21.8 Å². The number of rotatable bonds is 6. The van der Waals surface area contributed by atoms with E-state index in [1.165, 1.54) is 41.3 Å². The number of hydrogen-bond acceptors (Lipinski definition) is 2. The van der Waals surface area contributed by atoms with E-state index in [2.05, 4.69) is 5.32 Å². The Morgan fingerprint density at radius 1 is 0.967 bits per heavy atom. The predicted molar refractivity (Wildman–Crippen MR) is 118 cm³/mol. The van der Waals surface area contributed by atoms with Crippen LogP contribution in [0, 0.1) is 12.7 Å². The van der Waals surface area contributed by atoms with Gasteiger partial charge in [0.2, 0.25) is 0 Å². The highest BCUT2D eigenvalue weighted by atomic mass is 35.5. The second-order valence-electron chi connectivity index (χ2n) is 6.68. The highest BCUT2D eigenvalue weighted by Crippen LogP contribution is 2.21. The fraction of sp³-hybridized carbons (Fsp3) is 0.130. The number of aryl methyl sites for hydroxylation is 1. The lowest BCUT2D eigenvalue weighted by molar-refractivity contribution is 0.0943. The standard InChI is InChI=1S/C23H19Cl2FN2O2/c1-15-2-4-16(5-3-15)23(30)28(19-9-7-18(26)8-10-19)13-12-27-22(29)20-11-6-17(24)14-21(20)25/h2-11,14H,12-13H2,1H3,(H,27,29). The van der Waals surface area contributed by atoms with Crippen LogP contribution < -0.4 is 10.2 Å². The molecular weight excluding hydrogens is 426 g/mol. The predicted octanol–water partition coefficient (Wildman–Crippen LogP) is 5.52. The summed E-state index contributed by atoms with van der Waals surface area (Å²) in [5.74, 6) is -1.02. The normalized spacial score (nSPS) is 10.5. The average molecular weight is 445 g/mol. The first-order valence-corrected chi connectivity index (χ1v) is 9.98. The molecule has 0 aliphatic heterocycles. The molecule has 0 aromatic heterocycles. The van der Waals surface area contributed by atoms with Gasteiger partial charge in [0.15, 0.2) is 0 Å². The van der Waals surface area contributed by atoms with E-state index in [-0.39, 0.29) is 29.9 Å². The second kappa shape index (κ2) is 9.74. The van der Waals surface area contributed by atoms with Gasteiger partial charge in [0.1, 0.15) is 5.82 Å². The van der Waals surface area contributed by atoms with Crippen LogP contribution in [0.15, 0.2) is 66.7 Å². The minimum atomic E-state index is -0.396. The van der Waals surface area contributed by atoms with E-state index in [4.69, 9.17) is 23.2 Å². The summed E-state index contributed by atoms with van der Waals surface area (Å²) in [6, 6.07) is 17.4. The molecule has 3 rings (SSSR count). The molecule has 3 aromatic rings. The van der Waals surface area contributed by atoms with Crippen LogP contribution in [0.3, 0.4) is 0 Å². The number of hydrogen-bond donors (Lipinski definition) is 1. The monoisotopic (exact) mass is 444 g/mol. The highest BCUT2D eigenvalue weighted by molar-refractivity contribution is 6.36. The molecule has 0 unspecified atom stereocenters. The van der Waals surface area contributed by atoms with E-state index in [1.54, 1.807) is 18.2 Å². The lowest BCUT2D eigenvalue weighted by atomic mass is 10.1. The zero-order valence-corrected chi connectivity index (χ0v) is 17.7. The van der Waals surface area contributed by atoms with E-state index in [0.717, 1.165) is 5.56 Å². The first-order chi connectivity index (χ1) is 14.3. The molecule has 0 spiro atoms. The minimum Gasteiger partial charge on any atom is -0.350 e. The van der Waals surface area contributed by atoms with E-state index in [1.807, 2.05) is 19.1 Å². The Bertz CT molecular complexity index is 1050. The maximum atomic E-state index is 13.3. The molecule has 2 amide bonds. The first-order valence-electron chi connectivity index (χ1n) is 9.22. The van der Waals surface area contributed by atoms with Crippen molar-refractivity contribution >= 4 is 40.7 Å². The summed E-state index contributed by atoms with van der Waals surface area (Å²) in [6.07, 6.45) is 0. The fourth-order valence-corrected chi connectivity index (χ4v) is 3.37. The number of benzene rings is 3. The van der Waals surface area contributed by atoms with Crippen LogP contribution in [0.2, 0.25) is 10.0 Å². The molecule has 0 aliphatic carbocycles. The third-order valence-electron chi connectivity index (χ3n) is 4.48. The molecule has 30 heavy (non-hydrogen) atoms. The van der Waals surface area contributed by atoms with E-state index < -0.39 is 5.82 Å². The Morgan fingerprint density at radius 3 is 2.27 bits per heavy atom. The van der Waals surface area contributed by atoms with Crippen molar-refractivity contribution in [3.63, 3.8) is 0 Å². The van der Waals surface area contributed by atoms with Gasteiger partial charge in [0.25, 0.3) is 11.8 Å². The molecular formula is C23H19Cl2FN2O2. The molecule has 0 bridgehead atoms. The van der Waals surface area contributed by atoms with Gasteiger partial charge in [0.05, 0.1) is 10.6 Å². The average Bonchev–Trinajstić information content (AvgIpc) is 2.72. The molecule has 0 atom stereocenters.